The van der Waals surface area contributed by atoms with Crippen molar-refractivity contribution in [3.63, 3.8) is 0 Å². The number of carbonyl (C=O) groups is 1. The first-order valence-electron chi connectivity index (χ1n) is 5.14. The van der Waals surface area contributed by atoms with E-state index in [0.717, 1.165) is 18.2 Å². The van der Waals surface area contributed by atoms with Gasteiger partial charge in [-0.15, -0.1) is 0 Å². The lowest BCUT2D eigenvalue weighted by molar-refractivity contribution is -0.137. The summed E-state index contributed by atoms with van der Waals surface area (Å²) in [7, 11) is 0. The van der Waals surface area contributed by atoms with Crippen LogP contribution < -0.4 is 4.74 Å². The number of carbonyl (C=O) groups excluding carboxylic acids is 1. The Labute approximate surface area is 97.4 Å². The van der Waals surface area contributed by atoms with Crippen LogP contribution in [0.4, 0.5) is 13.2 Å². The van der Waals surface area contributed by atoms with Crippen molar-refractivity contribution < 1.29 is 22.7 Å². The summed E-state index contributed by atoms with van der Waals surface area (Å²) in [5, 5.41) is 0. The average molecular weight is 246 g/mol. The average Bonchev–Trinajstić information content (AvgIpc) is 2.24. The van der Waals surface area contributed by atoms with E-state index in [1.54, 1.807) is 0 Å². The smallest absolute Gasteiger partial charge is 0.416 e. The number of rotatable bonds is 4. The number of halogens is 3. The van der Waals surface area contributed by atoms with Gasteiger partial charge in [0.1, 0.15) is 5.75 Å². The van der Waals surface area contributed by atoms with E-state index in [-0.39, 0.29) is 23.8 Å². The lowest BCUT2D eigenvalue weighted by atomic mass is 10.1. The van der Waals surface area contributed by atoms with E-state index < -0.39 is 11.7 Å². The molecule has 0 aliphatic rings. The molecule has 2 nitrogen and oxygen atoms in total. The Kier molecular flexibility index (Phi) is 4.15. The quantitative estimate of drug-likeness (QED) is 0.759. The standard InChI is InChI=1S/C12H13F3O2/c1-8(2)7-17-11-5-10(12(13,14)15)4-3-9(11)6-16/h3-6,8H,7H2,1-2H3. The highest BCUT2D eigenvalue weighted by Gasteiger charge is 2.31. The molecule has 0 saturated heterocycles. The molecular weight excluding hydrogens is 233 g/mol. The van der Waals surface area contributed by atoms with Crippen molar-refractivity contribution in [3.05, 3.63) is 29.3 Å². The van der Waals surface area contributed by atoms with Gasteiger partial charge in [-0.05, 0) is 24.1 Å². The maximum absolute atomic E-state index is 12.5. The van der Waals surface area contributed by atoms with Gasteiger partial charge in [-0.1, -0.05) is 13.8 Å². The topological polar surface area (TPSA) is 26.3 Å². The molecule has 1 aromatic carbocycles. The largest absolute Gasteiger partial charge is 0.493 e. The second-order valence-corrected chi connectivity index (χ2v) is 4.07. The van der Waals surface area contributed by atoms with Crippen molar-refractivity contribution in [1.82, 2.24) is 0 Å². The minimum atomic E-state index is -4.43. The molecule has 0 fully saturated rings. The third kappa shape index (κ3) is 3.76. The van der Waals surface area contributed by atoms with Crippen molar-refractivity contribution >= 4 is 6.29 Å². The van der Waals surface area contributed by atoms with Gasteiger partial charge in [0.2, 0.25) is 0 Å². The summed E-state index contributed by atoms with van der Waals surface area (Å²) in [5.74, 6) is 0.146. The first-order chi connectivity index (χ1) is 7.84. The highest BCUT2D eigenvalue weighted by Crippen LogP contribution is 2.32. The van der Waals surface area contributed by atoms with Gasteiger partial charge in [0.05, 0.1) is 17.7 Å². The van der Waals surface area contributed by atoms with Crippen LogP contribution in [0.1, 0.15) is 29.8 Å². The van der Waals surface area contributed by atoms with E-state index in [0.29, 0.717) is 6.29 Å². The minimum Gasteiger partial charge on any atom is -0.493 e. The Bertz CT molecular complexity index is 397. The van der Waals surface area contributed by atoms with Crippen LogP contribution in [0.2, 0.25) is 0 Å². The third-order valence-electron chi connectivity index (χ3n) is 2.04. The predicted octanol–water partition coefficient (Wildman–Crippen LogP) is 3.55. The van der Waals surface area contributed by atoms with Gasteiger partial charge in [0, 0.05) is 0 Å². The van der Waals surface area contributed by atoms with Crippen molar-refractivity contribution in [1.29, 1.82) is 0 Å². The normalized spacial score (nSPS) is 11.6. The van der Waals surface area contributed by atoms with Gasteiger partial charge < -0.3 is 4.74 Å². The maximum atomic E-state index is 12.5. The first-order valence-corrected chi connectivity index (χ1v) is 5.14. The molecule has 0 unspecified atom stereocenters. The number of ether oxygens (including phenoxy) is 1. The van der Waals surface area contributed by atoms with Crippen LogP contribution in [0.15, 0.2) is 18.2 Å². The molecule has 0 radical (unpaired) electrons. The fraction of sp³-hybridized carbons (Fsp3) is 0.417. The summed E-state index contributed by atoms with van der Waals surface area (Å²) in [4.78, 5) is 10.7. The zero-order valence-corrected chi connectivity index (χ0v) is 9.54. The van der Waals surface area contributed by atoms with Crippen molar-refractivity contribution in [2.24, 2.45) is 5.92 Å². The molecule has 0 bridgehead atoms. The van der Waals surface area contributed by atoms with Gasteiger partial charge in [-0.25, -0.2) is 0 Å². The van der Waals surface area contributed by atoms with Gasteiger partial charge in [-0.3, -0.25) is 4.79 Å². The van der Waals surface area contributed by atoms with Gasteiger partial charge in [0.25, 0.3) is 0 Å². The highest BCUT2D eigenvalue weighted by molar-refractivity contribution is 5.79. The molecule has 5 heteroatoms. The summed E-state index contributed by atoms with van der Waals surface area (Å²) in [6.45, 7) is 4.00. The van der Waals surface area contributed by atoms with Crippen molar-refractivity contribution in [2.75, 3.05) is 6.61 Å². The second kappa shape index (κ2) is 5.21. The summed E-state index contributed by atoms with van der Waals surface area (Å²) in [6.07, 6.45) is -3.95. The third-order valence-corrected chi connectivity index (χ3v) is 2.04. The fourth-order valence-corrected chi connectivity index (χ4v) is 1.19. The zero-order chi connectivity index (χ0) is 13.1. The molecular formula is C12H13F3O2. The lowest BCUT2D eigenvalue weighted by Gasteiger charge is -2.13. The number of hydrogen-bond donors (Lipinski definition) is 0. The molecule has 1 rings (SSSR count). The van der Waals surface area contributed by atoms with Crippen LogP contribution in [-0.2, 0) is 6.18 Å². The molecule has 94 valence electrons. The lowest BCUT2D eigenvalue weighted by Crippen LogP contribution is -2.09. The molecule has 0 atom stereocenters. The van der Waals surface area contributed by atoms with E-state index in [2.05, 4.69) is 0 Å². The number of aldehydes is 1. The Balaban J connectivity index is 3.02. The number of benzene rings is 1. The fourth-order valence-electron chi connectivity index (χ4n) is 1.19. The van der Waals surface area contributed by atoms with E-state index in [1.807, 2.05) is 13.8 Å². The Hall–Kier alpha value is -1.52. The Morgan fingerprint density at radius 1 is 1.35 bits per heavy atom. The highest BCUT2D eigenvalue weighted by atomic mass is 19.4. The van der Waals surface area contributed by atoms with E-state index >= 15 is 0 Å². The summed E-state index contributed by atoms with van der Waals surface area (Å²) in [5.41, 5.74) is -0.694. The number of hydrogen-bond acceptors (Lipinski definition) is 2. The van der Waals surface area contributed by atoms with Crippen LogP contribution in [0.5, 0.6) is 5.75 Å². The first kappa shape index (κ1) is 13.5. The Morgan fingerprint density at radius 3 is 2.47 bits per heavy atom. The summed E-state index contributed by atoms with van der Waals surface area (Å²) in [6, 6.07) is 2.84. The molecule has 0 saturated carbocycles. The SMILES string of the molecule is CC(C)COc1cc(C(F)(F)F)ccc1C=O. The molecule has 1 aromatic rings. The van der Waals surface area contributed by atoms with E-state index in [1.165, 1.54) is 0 Å². The molecule has 0 aliphatic heterocycles. The molecule has 0 aliphatic carbocycles. The number of alkyl halides is 3. The van der Waals surface area contributed by atoms with Crippen LogP contribution in [0.25, 0.3) is 0 Å². The molecule has 0 aromatic heterocycles. The van der Waals surface area contributed by atoms with Gasteiger partial charge in [-0.2, -0.15) is 13.2 Å². The maximum Gasteiger partial charge on any atom is 0.416 e. The monoisotopic (exact) mass is 246 g/mol. The van der Waals surface area contributed by atoms with Crippen molar-refractivity contribution in [2.45, 2.75) is 20.0 Å². The minimum absolute atomic E-state index is 0.0245. The predicted molar refractivity (Wildman–Crippen MR) is 57.2 cm³/mol. The van der Waals surface area contributed by atoms with Gasteiger partial charge in [0.15, 0.2) is 6.29 Å². The Morgan fingerprint density at radius 2 is 2.00 bits per heavy atom. The van der Waals surface area contributed by atoms with Crippen molar-refractivity contribution in [3.8, 4) is 5.75 Å². The molecule has 0 spiro atoms. The van der Waals surface area contributed by atoms with Crippen LogP contribution in [-0.4, -0.2) is 12.9 Å². The van der Waals surface area contributed by atoms with E-state index in [4.69, 9.17) is 4.74 Å². The molecule has 0 heterocycles. The van der Waals surface area contributed by atoms with Gasteiger partial charge >= 0.3 is 6.18 Å². The van der Waals surface area contributed by atoms with Crippen LogP contribution >= 0.6 is 0 Å². The zero-order valence-electron chi connectivity index (χ0n) is 9.54. The summed E-state index contributed by atoms with van der Waals surface area (Å²) < 4.78 is 42.6. The molecule has 17 heavy (non-hydrogen) atoms. The van der Waals surface area contributed by atoms with Crippen LogP contribution in [0.3, 0.4) is 0 Å². The second-order valence-electron chi connectivity index (χ2n) is 4.07. The van der Waals surface area contributed by atoms with E-state index in [9.17, 15) is 18.0 Å². The summed E-state index contributed by atoms with van der Waals surface area (Å²) >= 11 is 0. The molecule has 0 amide bonds. The van der Waals surface area contributed by atoms with Crippen LogP contribution in [0, 0.1) is 5.92 Å². The molecule has 0 N–H and O–H groups in total.